The highest BCUT2D eigenvalue weighted by molar-refractivity contribution is 9.10. The monoisotopic (exact) mass is 389 g/mol. The summed E-state index contributed by atoms with van der Waals surface area (Å²) in [4.78, 5) is 4.36. The molecule has 6 nitrogen and oxygen atoms in total. The Bertz CT molecular complexity index is 743. The van der Waals surface area contributed by atoms with Crippen LogP contribution >= 0.6 is 15.9 Å². The van der Waals surface area contributed by atoms with Gasteiger partial charge >= 0.3 is 0 Å². The van der Waals surface area contributed by atoms with Gasteiger partial charge in [-0.15, -0.1) is 0 Å². The Morgan fingerprint density at radius 3 is 2.59 bits per heavy atom. The molecule has 0 amide bonds. The number of sulfone groups is 1. The minimum atomic E-state index is -3.18. The average molecular weight is 390 g/mol. The normalized spacial score (nSPS) is 12.3. The molecule has 0 aliphatic carbocycles. The number of aryl methyl sites for hydroxylation is 2. The predicted molar refractivity (Wildman–Crippen MR) is 88.2 cm³/mol. The summed E-state index contributed by atoms with van der Waals surface area (Å²) in [6.07, 6.45) is 2.10. The van der Waals surface area contributed by atoms with Crippen LogP contribution in [0, 0.1) is 12.8 Å². The fourth-order valence-electron chi connectivity index (χ4n) is 1.97. The van der Waals surface area contributed by atoms with Crippen LogP contribution in [-0.4, -0.2) is 29.4 Å². The summed E-state index contributed by atoms with van der Waals surface area (Å²) in [6.45, 7) is 6.77. The minimum absolute atomic E-state index is 0.171. The molecule has 0 atom stereocenters. The van der Waals surface area contributed by atoms with E-state index in [-0.39, 0.29) is 5.75 Å². The summed E-state index contributed by atoms with van der Waals surface area (Å²) in [7, 11) is -3.18. The quantitative estimate of drug-likeness (QED) is 0.757. The Hall–Kier alpha value is -1.15. The van der Waals surface area contributed by atoms with Crippen LogP contribution in [0.1, 0.15) is 31.9 Å². The van der Waals surface area contributed by atoms with Gasteiger partial charge in [-0.25, -0.2) is 18.1 Å². The first-order chi connectivity index (χ1) is 10.2. The summed E-state index contributed by atoms with van der Waals surface area (Å²) in [5, 5.41) is 4.33. The second kappa shape index (κ2) is 6.54. The second-order valence-electron chi connectivity index (χ2n) is 5.84. The molecule has 2 aromatic rings. The average Bonchev–Trinajstić information content (AvgIpc) is 2.89. The number of furan rings is 1. The van der Waals surface area contributed by atoms with Crippen molar-refractivity contribution in [2.75, 3.05) is 6.26 Å². The van der Waals surface area contributed by atoms with Gasteiger partial charge in [0.25, 0.3) is 0 Å². The van der Waals surface area contributed by atoms with Crippen LogP contribution in [0.5, 0.6) is 0 Å². The largest absolute Gasteiger partial charge is 0.457 e. The Morgan fingerprint density at radius 1 is 1.41 bits per heavy atom. The molecule has 0 aliphatic rings. The SMILES string of the molecule is Cc1oc(-c2nc(CS(C)(=O)=O)nn2CCC(C)C)cc1Br. The summed E-state index contributed by atoms with van der Waals surface area (Å²) in [6, 6.07) is 1.83. The maximum absolute atomic E-state index is 11.5. The van der Waals surface area contributed by atoms with Crippen LogP contribution in [0.3, 0.4) is 0 Å². The Balaban J connectivity index is 2.40. The lowest BCUT2D eigenvalue weighted by atomic mass is 10.1. The molecule has 0 unspecified atom stereocenters. The molecule has 0 saturated heterocycles. The molecule has 2 aromatic heterocycles. The fourth-order valence-corrected chi connectivity index (χ4v) is 2.85. The van der Waals surface area contributed by atoms with Crippen molar-refractivity contribution < 1.29 is 12.8 Å². The van der Waals surface area contributed by atoms with Crippen molar-refractivity contribution in [1.82, 2.24) is 14.8 Å². The van der Waals surface area contributed by atoms with Crippen molar-refractivity contribution >= 4 is 25.8 Å². The highest BCUT2D eigenvalue weighted by Gasteiger charge is 2.19. The van der Waals surface area contributed by atoms with Gasteiger partial charge in [0.05, 0.1) is 4.47 Å². The van der Waals surface area contributed by atoms with E-state index in [9.17, 15) is 8.42 Å². The lowest BCUT2D eigenvalue weighted by Gasteiger charge is -2.06. The molecular formula is C14H20BrN3O3S. The highest BCUT2D eigenvalue weighted by Crippen LogP contribution is 2.28. The van der Waals surface area contributed by atoms with Crippen LogP contribution in [-0.2, 0) is 22.1 Å². The molecular weight excluding hydrogens is 370 g/mol. The zero-order chi connectivity index (χ0) is 16.5. The molecule has 0 aliphatic heterocycles. The van der Waals surface area contributed by atoms with Gasteiger partial charge in [-0.3, -0.25) is 0 Å². The summed E-state index contributed by atoms with van der Waals surface area (Å²) < 4.78 is 31.2. The van der Waals surface area contributed by atoms with Gasteiger partial charge in [0.15, 0.2) is 27.2 Å². The minimum Gasteiger partial charge on any atom is -0.457 e. The van der Waals surface area contributed by atoms with E-state index in [1.54, 1.807) is 4.68 Å². The molecule has 0 radical (unpaired) electrons. The van der Waals surface area contributed by atoms with E-state index in [1.807, 2.05) is 13.0 Å². The topological polar surface area (TPSA) is 78.0 Å². The van der Waals surface area contributed by atoms with Gasteiger partial charge in [-0.1, -0.05) is 13.8 Å². The lowest BCUT2D eigenvalue weighted by molar-refractivity contribution is 0.478. The van der Waals surface area contributed by atoms with E-state index in [0.717, 1.165) is 16.7 Å². The standard InChI is InChI=1S/C14H20BrN3O3S/c1-9(2)5-6-18-14(12-7-11(15)10(3)21-12)16-13(17-18)8-22(4,19)20/h7,9H,5-6,8H2,1-4H3. The molecule has 2 heterocycles. The van der Waals surface area contributed by atoms with Gasteiger partial charge in [0, 0.05) is 18.9 Å². The molecule has 0 N–H and O–H groups in total. The molecule has 0 fully saturated rings. The van der Waals surface area contributed by atoms with E-state index in [1.165, 1.54) is 6.26 Å². The number of aromatic nitrogens is 3. The molecule has 0 aromatic carbocycles. The lowest BCUT2D eigenvalue weighted by Crippen LogP contribution is -2.06. The van der Waals surface area contributed by atoms with Crippen LogP contribution in [0.15, 0.2) is 15.0 Å². The fraction of sp³-hybridized carbons (Fsp3) is 0.571. The van der Waals surface area contributed by atoms with Crippen molar-refractivity contribution in [3.63, 3.8) is 0 Å². The van der Waals surface area contributed by atoms with Gasteiger partial charge in [0.1, 0.15) is 11.5 Å². The molecule has 0 bridgehead atoms. The van der Waals surface area contributed by atoms with Gasteiger partial charge < -0.3 is 4.42 Å². The number of hydrogen-bond acceptors (Lipinski definition) is 5. The Morgan fingerprint density at radius 2 is 2.09 bits per heavy atom. The van der Waals surface area contributed by atoms with Gasteiger partial charge in [-0.2, -0.15) is 5.10 Å². The molecule has 122 valence electrons. The number of hydrogen-bond donors (Lipinski definition) is 0. The summed E-state index contributed by atoms with van der Waals surface area (Å²) >= 11 is 3.41. The predicted octanol–water partition coefficient (Wildman–Crippen LogP) is 3.20. The van der Waals surface area contributed by atoms with E-state index < -0.39 is 9.84 Å². The molecule has 0 saturated carbocycles. The first-order valence-electron chi connectivity index (χ1n) is 7.03. The van der Waals surface area contributed by atoms with E-state index >= 15 is 0 Å². The van der Waals surface area contributed by atoms with E-state index in [0.29, 0.717) is 29.9 Å². The second-order valence-corrected chi connectivity index (χ2v) is 8.84. The number of nitrogens with zero attached hydrogens (tertiary/aromatic N) is 3. The maximum atomic E-state index is 11.5. The molecule has 22 heavy (non-hydrogen) atoms. The van der Waals surface area contributed by atoms with E-state index in [2.05, 4.69) is 39.9 Å². The molecule has 2 rings (SSSR count). The van der Waals surface area contributed by atoms with E-state index in [4.69, 9.17) is 4.42 Å². The van der Waals surface area contributed by atoms with Crippen LogP contribution < -0.4 is 0 Å². The highest BCUT2D eigenvalue weighted by atomic mass is 79.9. The third-order valence-electron chi connectivity index (χ3n) is 3.10. The van der Waals surface area contributed by atoms with Gasteiger partial charge in [0.2, 0.25) is 0 Å². The van der Waals surface area contributed by atoms with Crippen LogP contribution in [0.25, 0.3) is 11.6 Å². The smallest absolute Gasteiger partial charge is 0.194 e. The zero-order valence-corrected chi connectivity index (χ0v) is 15.5. The molecule has 0 spiro atoms. The van der Waals surface area contributed by atoms with Crippen molar-refractivity contribution in [2.45, 2.75) is 39.5 Å². The Kier molecular flexibility index (Phi) is 5.11. The summed E-state index contributed by atoms with van der Waals surface area (Å²) in [5.74, 6) is 2.54. The molecule has 8 heteroatoms. The summed E-state index contributed by atoms with van der Waals surface area (Å²) in [5.41, 5.74) is 0. The van der Waals surface area contributed by atoms with Crippen LogP contribution in [0.2, 0.25) is 0 Å². The van der Waals surface area contributed by atoms with Crippen molar-refractivity contribution in [3.05, 3.63) is 22.1 Å². The number of halogens is 1. The zero-order valence-electron chi connectivity index (χ0n) is 13.1. The van der Waals surface area contributed by atoms with Crippen LogP contribution in [0.4, 0.5) is 0 Å². The third-order valence-corrected chi connectivity index (χ3v) is 4.67. The van der Waals surface area contributed by atoms with Crippen molar-refractivity contribution in [1.29, 1.82) is 0 Å². The third kappa shape index (κ3) is 4.42. The van der Waals surface area contributed by atoms with Crippen molar-refractivity contribution in [2.24, 2.45) is 5.92 Å². The number of rotatable bonds is 6. The first kappa shape index (κ1) is 17.2. The maximum Gasteiger partial charge on any atom is 0.194 e. The first-order valence-corrected chi connectivity index (χ1v) is 9.89. The Labute approximate surface area is 139 Å². The van der Waals surface area contributed by atoms with Gasteiger partial charge in [-0.05, 0) is 35.2 Å². The van der Waals surface area contributed by atoms with Crippen molar-refractivity contribution in [3.8, 4) is 11.6 Å².